The van der Waals surface area contributed by atoms with Crippen LogP contribution in [0.4, 0.5) is 0 Å². The molecule has 1 aromatic carbocycles. The Morgan fingerprint density at radius 3 is 2.90 bits per heavy atom. The van der Waals surface area contributed by atoms with Crippen molar-refractivity contribution in [2.75, 3.05) is 26.2 Å². The van der Waals surface area contributed by atoms with Crippen molar-refractivity contribution in [2.45, 2.75) is 13.5 Å². The van der Waals surface area contributed by atoms with Crippen LogP contribution >= 0.6 is 11.6 Å². The number of benzene rings is 1. The lowest BCUT2D eigenvalue weighted by Gasteiger charge is -2.25. The topological polar surface area (TPSA) is 54.2 Å². The first kappa shape index (κ1) is 13.5. The summed E-state index contributed by atoms with van der Waals surface area (Å²) in [4.78, 5) is 6.76. The SMILES string of the molecule is Cc1ccc(-c2nc(CN3CCNCC3)no2)cc1Cl. The van der Waals surface area contributed by atoms with Gasteiger partial charge in [-0.15, -0.1) is 0 Å². The molecule has 2 aromatic rings. The molecule has 0 saturated carbocycles. The Bertz CT molecular complexity index is 593. The molecular weight excluding hydrogens is 276 g/mol. The van der Waals surface area contributed by atoms with E-state index in [1.165, 1.54) is 0 Å². The lowest BCUT2D eigenvalue weighted by Crippen LogP contribution is -2.43. The maximum absolute atomic E-state index is 6.12. The molecule has 0 atom stereocenters. The second kappa shape index (κ2) is 5.91. The Morgan fingerprint density at radius 2 is 2.15 bits per heavy atom. The van der Waals surface area contributed by atoms with Crippen LogP contribution in [0.1, 0.15) is 11.4 Å². The predicted molar refractivity (Wildman–Crippen MR) is 77.6 cm³/mol. The first-order valence-electron chi connectivity index (χ1n) is 6.74. The highest BCUT2D eigenvalue weighted by Gasteiger charge is 2.15. The molecule has 3 rings (SSSR count). The summed E-state index contributed by atoms with van der Waals surface area (Å²) in [5.41, 5.74) is 1.90. The van der Waals surface area contributed by atoms with Crippen molar-refractivity contribution in [1.29, 1.82) is 0 Å². The van der Waals surface area contributed by atoms with Crippen LogP contribution in [0.5, 0.6) is 0 Å². The largest absolute Gasteiger partial charge is 0.334 e. The van der Waals surface area contributed by atoms with Crippen molar-refractivity contribution in [3.8, 4) is 11.5 Å². The zero-order valence-electron chi connectivity index (χ0n) is 11.4. The van der Waals surface area contributed by atoms with E-state index in [4.69, 9.17) is 16.1 Å². The molecule has 20 heavy (non-hydrogen) atoms. The van der Waals surface area contributed by atoms with Crippen LogP contribution in [-0.2, 0) is 6.54 Å². The van der Waals surface area contributed by atoms with E-state index in [1.54, 1.807) is 0 Å². The Kier molecular flexibility index (Phi) is 4.00. The lowest BCUT2D eigenvalue weighted by molar-refractivity contribution is 0.225. The van der Waals surface area contributed by atoms with Gasteiger partial charge in [-0.05, 0) is 24.6 Å². The second-order valence-electron chi connectivity index (χ2n) is 5.01. The molecule has 6 heteroatoms. The molecule has 0 aliphatic carbocycles. The van der Waals surface area contributed by atoms with Gasteiger partial charge in [0.2, 0.25) is 0 Å². The van der Waals surface area contributed by atoms with E-state index in [-0.39, 0.29) is 0 Å². The predicted octanol–water partition coefficient (Wildman–Crippen LogP) is 2.10. The van der Waals surface area contributed by atoms with Gasteiger partial charge in [0.25, 0.3) is 5.89 Å². The molecule has 1 aliphatic heterocycles. The Labute approximate surface area is 122 Å². The number of nitrogens with zero attached hydrogens (tertiary/aromatic N) is 3. The average Bonchev–Trinajstić information content (AvgIpc) is 2.91. The van der Waals surface area contributed by atoms with Gasteiger partial charge < -0.3 is 9.84 Å². The van der Waals surface area contributed by atoms with E-state index in [9.17, 15) is 0 Å². The highest BCUT2D eigenvalue weighted by Crippen LogP contribution is 2.24. The van der Waals surface area contributed by atoms with Gasteiger partial charge in [-0.25, -0.2) is 0 Å². The third-order valence-electron chi connectivity index (χ3n) is 3.46. The van der Waals surface area contributed by atoms with Crippen molar-refractivity contribution in [3.05, 3.63) is 34.6 Å². The van der Waals surface area contributed by atoms with Crippen molar-refractivity contribution >= 4 is 11.6 Å². The fourth-order valence-corrected chi connectivity index (χ4v) is 2.41. The van der Waals surface area contributed by atoms with Gasteiger partial charge in [-0.3, -0.25) is 4.90 Å². The van der Waals surface area contributed by atoms with Gasteiger partial charge in [0, 0.05) is 36.8 Å². The van der Waals surface area contributed by atoms with Crippen molar-refractivity contribution in [2.24, 2.45) is 0 Å². The third kappa shape index (κ3) is 3.00. The van der Waals surface area contributed by atoms with E-state index in [0.717, 1.165) is 49.7 Å². The third-order valence-corrected chi connectivity index (χ3v) is 3.87. The maximum Gasteiger partial charge on any atom is 0.258 e. The number of aryl methyl sites for hydroxylation is 1. The summed E-state index contributed by atoms with van der Waals surface area (Å²) in [6.45, 7) is 6.75. The highest BCUT2D eigenvalue weighted by atomic mass is 35.5. The number of hydrogen-bond acceptors (Lipinski definition) is 5. The molecule has 1 fully saturated rings. The van der Waals surface area contributed by atoms with Crippen LogP contribution < -0.4 is 5.32 Å². The molecule has 0 bridgehead atoms. The molecule has 1 aliphatic rings. The molecule has 106 valence electrons. The fourth-order valence-electron chi connectivity index (χ4n) is 2.23. The summed E-state index contributed by atoms with van der Waals surface area (Å²) in [6.07, 6.45) is 0. The molecule has 0 spiro atoms. The summed E-state index contributed by atoms with van der Waals surface area (Å²) in [6, 6.07) is 5.76. The normalized spacial score (nSPS) is 16.5. The monoisotopic (exact) mass is 292 g/mol. The summed E-state index contributed by atoms with van der Waals surface area (Å²) in [5, 5.41) is 8.08. The maximum atomic E-state index is 6.12. The second-order valence-corrected chi connectivity index (χ2v) is 5.41. The van der Waals surface area contributed by atoms with Gasteiger partial charge in [0.15, 0.2) is 5.82 Å². The Balaban J connectivity index is 1.73. The molecule has 1 N–H and O–H groups in total. The number of halogens is 1. The minimum atomic E-state index is 0.525. The van der Waals surface area contributed by atoms with Gasteiger partial charge >= 0.3 is 0 Å². The Hall–Kier alpha value is -1.43. The minimum Gasteiger partial charge on any atom is -0.334 e. The van der Waals surface area contributed by atoms with E-state index in [0.29, 0.717) is 10.9 Å². The summed E-state index contributed by atoms with van der Waals surface area (Å²) >= 11 is 6.12. The zero-order chi connectivity index (χ0) is 13.9. The van der Waals surface area contributed by atoms with Crippen molar-refractivity contribution in [3.63, 3.8) is 0 Å². The number of nitrogens with one attached hydrogen (secondary N) is 1. The van der Waals surface area contributed by atoms with E-state index in [1.807, 2.05) is 25.1 Å². The zero-order valence-corrected chi connectivity index (χ0v) is 12.2. The van der Waals surface area contributed by atoms with Crippen LogP contribution in [0.15, 0.2) is 22.7 Å². The van der Waals surface area contributed by atoms with Crippen LogP contribution in [0, 0.1) is 6.92 Å². The molecule has 0 amide bonds. The summed E-state index contributed by atoms with van der Waals surface area (Å²) in [7, 11) is 0. The minimum absolute atomic E-state index is 0.525. The molecule has 5 nitrogen and oxygen atoms in total. The molecule has 1 aromatic heterocycles. The number of aromatic nitrogens is 2. The van der Waals surface area contributed by atoms with Crippen molar-refractivity contribution < 1.29 is 4.52 Å². The standard InChI is InChI=1S/C14H17ClN4O/c1-10-2-3-11(8-12(10)15)14-17-13(18-20-14)9-19-6-4-16-5-7-19/h2-3,8,16H,4-7,9H2,1H3. The van der Waals surface area contributed by atoms with Crippen molar-refractivity contribution in [1.82, 2.24) is 20.4 Å². The van der Waals surface area contributed by atoms with Crippen LogP contribution in [-0.4, -0.2) is 41.2 Å². The molecule has 0 radical (unpaired) electrons. The first-order chi connectivity index (χ1) is 9.72. The van der Waals surface area contributed by atoms with Gasteiger partial charge in [-0.1, -0.05) is 22.8 Å². The fraction of sp³-hybridized carbons (Fsp3) is 0.429. The average molecular weight is 293 g/mol. The molecule has 2 heterocycles. The number of rotatable bonds is 3. The quantitative estimate of drug-likeness (QED) is 0.939. The van der Waals surface area contributed by atoms with Crippen LogP contribution in [0.25, 0.3) is 11.5 Å². The van der Waals surface area contributed by atoms with Crippen LogP contribution in [0.2, 0.25) is 5.02 Å². The number of hydrogen-bond donors (Lipinski definition) is 1. The van der Waals surface area contributed by atoms with E-state index >= 15 is 0 Å². The summed E-state index contributed by atoms with van der Waals surface area (Å²) < 4.78 is 5.33. The van der Waals surface area contributed by atoms with Gasteiger partial charge in [0.05, 0.1) is 6.54 Å². The first-order valence-corrected chi connectivity index (χ1v) is 7.12. The Morgan fingerprint density at radius 1 is 1.35 bits per heavy atom. The van der Waals surface area contributed by atoms with Gasteiger partial charge in [-0.2, -0.15) is 4.98 Å². The molecule has 1 saturated heterocycles. The highest BCUT2D eigenvalue weighted by molar-refractivity contribution is 6.31. The summed E-state index contributed by atoms with van der Waals surface area (Å²) in [5.74, 6) is 1.25. The van der Waals surface area contributed by atoms with E-state index in [2.05, 4.69) is 20.4 Å². The van der Waals surface area contributed by atoms with Crippen LogP contribution in [0.3, 0.4) is 0 Å². The molecule has 0 unspecified atom stereocenters. The van der Waals surface area contributed by atoms with E-state index < -0.39 is 0 Å². The van der Waals surface area contributed by atoms with Gasteiger partial charge in [0.1, 0.15) is 0 Å². The lowest BCUT2D eigenvalue weighted by atomic mass is 10.1. The number of piperazine rings is 1. The molecular formula is C14H17ClN4O. The smallest absolute Gasteiger partial charge is 0.258 e.